The number of aromatic amines is 1. The lowest BCUT2D eigenvalue weighted by atomic mass is 10.2. The third-order valence-electron chi connectivity index (χ3n) is 3.11. The summed E-state index contributed by atoms with van der Waals surface area (Å²) >= 11 is 5.75. The van der Waals surface area contributed by atoms with E-state index in [1.807, 2.05) is 4.68 Å². The summed E-state index contributed by atoms with van der Waals surface area (Å²) in [6.07, 6.45) is 6.19. The molecule has 0 aliphatic heterocycles. The molecule has 1 aliphatic carbocycles. The van der Waals surface area contributed by atoms with E-state index in [9.17, 15) is 4.79 Å². The highest BCUT2D eigenvalue weighted by molar-refractivity contribution is 6.28. The number of rotatable bonds is 1. The van der Waals surface area contributed by atoms with Gasteiger partial charge in [-0.3, -0.25) is 9.78 Å². The van der Waals surface area contributed by atoms with Gasteiger partial charge in [-0.15, -0.1) is 0 Å². The van der Waals surface area contributed by atoms with Crippen molar-refractivity contribution in [1.82, 2.24) is 19.7 Å². The summed E-state index contributed by atoms with van der Waals surface area (Å²) in [6, 6.07) is 0.364. The first-order valence-electron chi connectivity index (χ1n) is 5.39. The van der Waals surface area contributed by atoms with Crippen molar-refractivity contribution < 1.29 is 0 Å². The van der Waals surface area contributed by atoms with Crippen molar-refractivity contribution in [3.8, 4) is 0 Å². The highest BCUT2D eigenvalue weighted by atomic mass is 35.5. The van der Waals surface area contributed by atoms with E-state index in [-0.39, 0.29) is 10.8 Å². The maximum atomic E-state index is 11.6. The maximum absolute atomic E-state index is 11.6. The van der Waals surface area contributed by atoms with Gasteiger partial charge in [-0.05, 0) is 24.4 Å². The number of fused-ring (bicyclic) bond motifs is 1. The molecule has 6 heteroatoms. The van der Waals surface area contributed by atoms with E-state index < -0.39 is 0 Å². The molecule has 16 heavy (non-hydrogen) atoms. The minimum atomic E-state index is -0.223. The fourth-order valence-corrected chi connectivity index (χ4v) is 2.49. The lowest BCUT2D eigenvalue weighted by Crippen LogP contribution is -2.11. The number of H-pyrrole nitrogens is 1. The van der Waals surface area contributed by atoms with Crippen LogP contribution in [0.1, 0.15) is 31.7 Å². The van der Waals surface area contributed by atoms with Gasteiger partial charge in [0.05, 0.1) is 12.2 Å². The van der Waals surface area contributed by atoms with Crippen molar-refractivity contribution in [2.75, 3.05) is 0 Å². The van der Waals surface area contributed by atoms with Crippen LogP contribution in [-0.2, 0) is 0 Å². The number of hydrogen-bond donors (Lipinski definition) is 1. The van der Waals surface area contributed by atoms with E-state index in [1.165, 1.54) is 12.8 Å². The van der Waals surface area contributed by atoms with Gasteiger partial charge in [0.1, 0.15) is 5.39 Å². The average Bonchev–Trinajstić information content (AvgIpc) is 2.83. The molecule has 1 saturated carbocycles. The zero-order valence-electron chi connectivity index (χ0n) is 8.61. The summed E-state index contributed by atoms with van der Waals surface area (Å²) in [5, 5.41) is 4.89. The van der Waals surface area contributed by atoms with E-state index in [0.29, 0.717) is 17.1 Å². The topological polar surface area (TPSA) is 63.6 Å². The zero-order valence-corrected chi connectivity index (χ0v) is 9.37. The largest absolute Gasteiger partial charge is 0.296 e. The van der Waals surface area contributed by atoms with Crippen LogP contribution in [0.2, 0.25) is 5.28 Å². The molecular formula is C10H11ClN4O. The van der Waals surface area contributed by atoms with Crippen molar-refractivity contribution >= 4 is 22.6 Å². The smallest absolute Gasteiger partial charge is 0.262 e. The number of aromatic nitrogens is 4. The Kier molecular flexibility index (Phi) is 2.21. The summed E-state index contributed by atoms with van der Waals surface area (Å²) in [5.41, 5.74) is 0.375. The first-order chi connectivity index (χ1) is 7.75. The molecule has 2 aromatic heterocycles. The molecule has 3 rings (SSSR count). The average molecular weight is 239 g/mol. The molecule has 0 atom stereocenters. The summed E-state index contributed by atoms with van der Waals surface area (Å²) in [7, 11) is 0. The van der Waals surface area contributed by atoms with Gasteiger partial charge < -0.3 is 0 Å². The molecule has 0 unspecified atom stereocenters. The molecule has 0 saturated heterocycles. The van der Waals surface area contributed by atoms with E-state index in [0.717, 1.165) is 12.8 Å². The molecule has 0 bridgehead atoms. The molecule has 0 aromatic carbocycles. The van der Waals surface area contributed by atoms with Gasteiger partial charge in [-0.25, -0.2) is 4.68 Å². The molecule has 1 N–H and O–H groups in total. The third kappa shape index (κ3) is 1.43. The van der Waals surface area contributed by atoms with Crippen molar-refractivity contribution in [3.05, 3.63) is 21.8 Å². The molecular weight excluding hydrogens is 228 g/mol. The van der Waals surface area contributed by atoms with Gasteiger partial charge in [0.15, 0.2) is 5.65 Å². The monoisotopic (exact) mass is 238 g/mol. The Morgan fingerprint density at radius 2 is 2.19 bits per heavy atom. The number of nitrogens with one attached hydrogen (secondary N) is 1. The quantitative estimate of drug-likeness (QED) is 0.772. The standard InChI is InChI=1S/C10H11ClN4O/c11-10-13-8-7(9(16)14-10)5-12-15(8)6-3-1-2-4-6/h5-6H,1-4H2,(H,13,14,16). The minimum absolute atomic E-state index is 0.122. The van der Waals surface area contributed by atoms with Crippen molar-refractivity contribution in [2.45, 2.75) is 31.7 Å². The van der Waals surface area contributed by atoms with Crippen LogP contribution in [0.5, 0.6) is 0 Å². The van der Waals surface area contributed by atoms with Crippen LogP contribution in [0.25, 0.3) is 11.0 Å². The predicted molar refractivity (Wildman–Crippen MR) is 60.7 cm³/mol. The Balaban J connectivity index is 2.22. The molecule has 0 spiro atoms. The van der Waals surface area contributed by atoms with Gasteiger partial charge in [0.2, 0.25) is 5.28 Å². The second kappa shape index (κ2) is 3.59. The Hall–Kier alpha value is -1.36. The Labute approximate surface area is 96.4 Å². The van der Waals surface area contributed by atoms with Crippen LogP contribution in [0.4, 0.5) is 0 Å². The fourth-order valence-electron chi connectivity index (χ4n) is 2.33. The Morgan fingerprint density at radius 1 is 1.44 bits per heavy atom. The molecule has 2 aromatic rings. The summed E-state index contributed by atoms with van der Waals surface area (Å²) in [6.45, 7) is 0. The predicted octanol–water partition coefficient (Wildman–Crippen LogP) is 1.89. The van der Waals surface area contributed by atoms with E-state index >= 15 is 0 Å². The molecule has 1 fully saturated rings. The van der Waals surface area contributed by atoms with Crippen LogP contribution in [-0.4, -0.2) is 19.7 Å². The molecule has 84 valence electrons. The summed E-state index contributed by atoms with van der Waals surface area (Å²) in [4.78, 5) is 18.2. The first kappa shape index (κ1) is 9.84. The van der Waals surface area contributed by atoms with Crippen LogP contribution in [0, 0.1) is 0 Å². The zero-order chi connectivity index (χ0) is 11.1. The van der Waals surface area contributed by atoms with Crippen molar-refractivity contribution in [2.24, 2.45) is 0 Å². The van der Waals surface area contributed by atoms with Crippen LogP contribution in [0.3, 0.4) is 0 Å². The SMILES string of the molecule is O=c1[nH]c(Cl)nc2c1cnn2C1CCCC1. The Bertz CT molecular complexity index is 582. The molecule has 2 heterocycles. The molecule has 1 aliphatic rings. The van der Waals surface area contributed by atoms with Gasteiger partial charge in [-0.2, -0.15) is 10.1 Å². The number of halogens is 1. The van der Waals surface area contributed by atoms with Gasteiger partial charge in [0, 0.05) is 0 Å². The van der Waals surface area contributed by atoms with E-state index in [4.69, 9.17) is 11.6 Å². The number of hydrogen-bond acceptors (Lipinski definition) is 3. The second-order valence-electron chi connectivity index (χ2n) is 4.12. The maximum Gasteiger partial charge on any atom is 0.262 e. The highest BCUT2D eigenvalue weighted by Gasteiger charge is 2.21. The molecule has 0 amide bonds. The number of nitrogens with zero attached hydrogens (tertiary/aromatic N) is 3. The Morgan fingerprint density at radius 3 is 2.94 bits per heavy atom. The van der Waals surface area contributed by atoms with Gasteiger partial charge in [-0.1, -0.05) is 12.8 Å². The third-order valence-corrected chi connectivity index (χ3v) is 3.28. The van der Waals surface area contributed by atoms with Crippen LogP contribution in [0.15, 0.2) is 11.0 Å². The first-order valence-corrected chi connectivity index (χ1v) is 5.76. The highest BCUT2D eigenvalue weighted by Crippen LogP contribution is 2.30. The second-order valence-corrected chi connectivity index (χ2v) is 4.48. The lowest BCUT2D eigenvalue weighted by Gasteiger charge is -2.09. The van der Waals surface area contributed by atoms with Crippen LogP contribution < -0.4 is 5.56 Å². The summed E-state index contributed by atoms with van der Waals surface area (Å²) < 4.78 is 1.84. The van der Waals surface area contributed by atoms with Crippen molar-refractivity contribution in [3.63, 3.8) is 0 Å². The van der Waals surface area contributed by atoms with Crippen LogP contribution >= 0.6 is 11.6 Å². The van der Waals surface area contributed by atoms with E-state index in [2.05, 4.69) is 15.1 Å². The van der Waals surface area contributed by atoms with Crippen molar-refractivity contribution in [1.29, 1.82) is 0 Å². The lowest BCUT2D eigenvalue weighted by molar-refractivity contribution is 0.478. The normalized spacial score (nSPS) is 17.3. The molecule has 0 radical (unpaired) electrons. The van der Waals surface area contributed by atoms with Gasteiger partial charge in [0.25, 0.3) is 5.56 Å². The minimum Gasteiger partial charge on any atom is -0.296 e. The fraction of sp³-hybridized carbons (Fsp3) is 0.500. The molecule has 5 nitrogen and oxygen atoms in total. The summed E-state index contributed by atoms with van der Waals surface area (Å²) in [5.74, 6) is 0. The van der Waals surface area contributed by atoms with E-state index in [1.54, 1.807) is 6.20 Å². The van der Waals surface area contributed by atoms with Gasteiger partial charge >= 0.3 is 0 Å².